The summed E-state index contributed by atoms with van der Waals surface area (Å²) in [4.78, 5) is 38.6. The average molecular weight is 404 g/mol. The molecule has 4 rings (SSSR count). The van der Waals surface area contributed by atoms with Gasteiger partial charge in [-0.1, -0.05) is 18.2 Å². The molecule has 0 saturated heterocycles. The van der Waals surface area contributed by atoms with Crippen LogP contribution in [0.4, 0.5) is 11.4 Å². The van der Waals surface area contributed by atoms with Crippen LogP contribution < -0.4 is 10.2 Å². The SMILES string of the molecule is C[C@@H]1Cc2ccccc2N1C(=O)COC(=O)c1ccc(NC(=O)c2ccco2)cc1. The number of hydrogen-bond donors (Lipinski definition) is 1. The van der Waals surface area contributed by atoms with Gasteiger partial charge in [-0.2, -0.15) is 0 Å². The summed E-state index contributed by atoms with van der Waals surface area (Å²) in [5, 5.41) is 2.67. The first kappa shape index (κ1) is 19.4. The summed E-state index contributed by atoms with van der Waals surface area (Å²) in [5.74, 6) is -1.06. The van der Waals surface area contributed by atoms with Crippen molar-refractivity contribution in [2.75, 3.05) is 16.8 Å². The number of ether oxygens (including phenoxy) is 1. The Morgan fingerprint density at radius 3 is 2.57 bits per heavy atom. The van der Waals surface area contributed by atoms with Gasteiger partial charge in [-0.05, 0) is 61.4 Å². The fourth-order valence-electron chi connectivity index (χ4n) is 3.52. The predicted molar refractivity (Wildman–Crippen MR) is 110 cm³/mol. The molecule has 152 valence electrons. The molecular weight excluding hydrogens is 384 g/mol. The average Bonchev–Trinajstić information content (AvgIpc) is 3.39. The minimum atomic E-state index is -0.604. The topological polar surface area (TPSA) is 88.9 Å². The highest BCUT2D eigenvalue weighted by atomic mass is 16.5. The Balaban J connectivity index is 1.34. The van der Waals surface area contributed by atoms with E-state index < -0.39 is 5.97 Å². The van der Waals surface area contributed by atoms with Crippen molar-refractivity contribution in [3.63, 3.8) is 0 Å². The molecule has 1 aliphatic rings. The van der Waals surface area contributed by atoms with E-state index in [0.717, 1.165) is 17.7 Å². The van der Waals surface area contributed by atoms with E-state index in [1.54, 1.807) is 29.2 Å². The number of benzene rings is 2. The Morgan fingerprint density at radius 2 is 1.83 bits per heavy atom. The van der Waals surface area contributed by atoms with Crippen LogP contribution in [0.1, 0.15) is 33.4 Å². The van der Waals surface area contributed by atoms with Crippen molar-refractivity contribution in [2.45, 2.75) is 19.4 Å². The number of amides is 2. The fourth-order valence-corrected chi connectivity index (χ4v) is 3.52. The summed E-state index contributed by atoms with van der Waals surface area (Å²) in [5.41, 5.74) is 2.76. The van der Waals surface area contributed by atoms with Crippen molar-refractivity contribution in [3.05, 3.63) is 83.8 Å². The molecule has 1 aromatic heterocycles. The van der Waals surface area contributed by atoms with E-state index in [2.05, 4.69) is 5.32 Å². The molecular formula is C23H20N2O5. The van der Waals surface area contributed by atoms with Crippen molar-refractivity contribution in [3.8, 4) is 0 Å². The lowest BCUT2D eigenvalue weighted by Gasteiger charge is -2.22. The maximum absolute atomic E-state index is 12.6. The third kappa shape index (κ3) is 3.96. The van der Waals surface area contributed by atoms with Crippen LogP contribution in [-0.4, -0.2) is 30.4 Å². The monoisotopic (exact) mass is 404 g/mol. The van der Waals surface area contributed by atoms with Crippen LogP contribution in [0.2, 0.25) is 0 Å². The number of carbonyl (C=O) groups is 3. The summed E-state index contributed by atoms with van der Waals surface area (Å²) >= 11 is 0. The highest BCUT2D eigenvalue weighted by Gasteiger charge is 2.31. The first-order valence-electron chi connectivity index (χ1n) is 9.55. The van der Waals surface area contributed by atoms with Gasteiger partial charge in [-0.25, -0.2) is 4.79 Å². The van der Waals surface area contributed by atoms with Crippen LogP contribution in [0.15, 0.2) is 71.3 Å². The molecule has 0 radical (unpaired) electrons. The van der Waals surface area contributed by atoms with Gasteiger partial charge >= 0.3 is 5.97 Å². The normalized spacial score (nSPS) is 14.8. The second-order valence-electron chi connectivity index (χ2n) is 7.03. The number of furan rings is 1. The van der Waals surface area contributed by atoms with E-state index in [1.807, 2.05) is 31.2 Å². The van der Waals surface area contributed by atoms with Crippen LogP contribution in [-0.2, 0) is 16.0 Å². The Labute approximate surface area is 173 Å². The zero-order valence-corrected chi connectivity index (χ0v) is 16.3. The highest BCUT2D eigenvalue weighted by Crippen LogP contribution is 2.31. The molecule has 1 atom stereocenters. The number of fused-ring (bicyclic) bond motifs is 1. The lowest BCUT2D eigenvalue weighted by atomic mass is 10.1. The molecule has 7 nitrogen and oxygen atoms in total. The largest absolute Gasteiger partial charge is 0.459 e. The van der Waals surface area contributed by atoms with Gasteiger partial charge in [-0.15, -0.1) is 0 Å². The van der Waals surface area contributed by atoms with E-state index in [4.69, 9.17) is 9.15 Å². The summed E-state index contributed by atoms with van der Waals surface area (Å²) in [6.07, 6.45) is 2.19. The zero-order chi connectivity index (χ0) is 21.1. The predicted octanol–water partition coefficient (Wildman–Crippen LogP) is 3.67. The molecule has 0 saturated carbocycles. The van der Waals surface area contributed by atoms with Gasteiger partial charge in [0, 0.05) is 17.4 Å². The van der Waals surface area contributed by atoms with Crippen LogP contribution in [0.3, 0.4) is 0 Å². The number of carbonyl (C=O) groups excluding carboxylic acids is 3. The maximum Gasteiger partial charge on any atom is 0.338 e. The molecule has 0 fully saturated rings. The number of hydrogen-bond acceptors (Lipinski definition) is 5. The van der Waals surface area contributed by atoms with Crippen molar-refractivity contribution in [2.24, 2.45) is 0 Å². The number of nitrogens with one attached hydrogen (secondary N) is 1. The standard InChI is InChI=1S/C23H20N2O5/c1-15-13-17-5-2-3-6-19(17)25(15)21(26)14-30-23(28)16-8-10-18(11-9-16)24-22(27)20-7-4-12-29-20/h2-12,15H,13-14H2,1H3,(H,24,27)/t15-/m1/s1. The Hall–Kier alpha value is -3.87. The second-order valence-corrected chi connectivity index (χ2v) is 7.03. The Morgan fingerprint density at radius 1 is 1.07 bits per heavy atom. The number of para-hydroxylation sites is 1. The number of rotatable bonds is 5. The molecule has 7 heteroatoms. The fraction of sp³-hybridized carbons (Fsp3) is 0.174. The minimum Gasteiger partial charge on any atom is -0.459 e. The molecule has 2 heterocycles. The van der Waals surface area contributed by atoms with Crippen LogP contribution >= 0.6 is 0 Å². The van der Waals surface area contributed by atoms with Gasteiger partial charge in [0.2, 0.25) is 0 Å². The number of esters is 1. The van der Waals surface area contributed by atoms with Crippen LogP contribution in [0, 0.1) is 0 Å². The van der Waals surface area contributed by atoms with E-state index >= 15 is 0 Å². The van der Waals surface area contributed by atoms with E-state index in [0.29, 0.717) is 5.69 Å². The first-order valence-corrected chi connectivity index (χ1v) is 9.55. The summed E-state index contributed by atoms with van der Waals surface area (Å²) in [6, 6.07) is 17.1. The van der Waals surface area contributed by atoms with Gasteiger partial charge < -0.3 is 19.4 Å². The number of anilines is 2. The highest BCUT2D eigenvalue weighted by molar-refractivity contribution is 6.02. The quantitative estimate of drug-likeness (QED) is 0.656. The van der Waals surface area contributed by atoms with E-state index in [9.17, 15) is 14.4 Å². The van der Waals surface area contributed by atoms with Crippen LogP contribution in [0.5, 0.6) is 0 Å². The summed E-state index contributed by atoms with van der Waals surface area (Å²) in [7, 11) is 0. The lowest BCUT2D eigenvalue weighted by molar-refractivity contribution is -0.122. The molecule has 0 spiro atoms. The maximum atomic E-state index is 12.6. The molecule has 0 bridgehead atoms. The third-order valence-corrected chi connectivity index (χ3v) is 4.93. The van der Waals surface area contributed by atoms with Gasteiger partial charge in [-0.3, -0.25) is 9.59 Å². The molecule has 3 aromatic rings. The molecule has 2 amide bonds. The molecule has 1 aliphatic heterocycles. The van der Waals surface area contributed by atoms with E-state index in [-0.39, 0.29) is 35.8 Å². The van der Waals surface area contributed by atoms with Crippen molar-refractivity contribution < 1.29 is 23.5 Å². The van der Waals surface area contributed by atoms with Gasteiger partial charge in [0.1, 0.15) is 0 Å². The molecule has 30 heavy (non-hydrogen) atoms. The molecule has 0 unspecified atom stereocenters. The summed E-state index contributed by atoms with van der Waals surface area (Å²) in [6.45, 7) is 1.63. The number of nitrogens with zero attached hydrogens (tertiary/aromatic N) is 1. The Kier molecular flexibility index (Phi) is 5.34. The minimum absolute atomic E-state index is 0.0191. The summed E-state index contributed by atoms with van der Waals surface area (Å²) < 4.78 is 10.2. The lowest BCUT2D eigenvalue weighted by Crippen LogP contribution is -2.38. The Bertz CT molecular complexity index is 1070. The second kappa shape index (κ2) is 8.24. The van der Waals surface area contributed by atoms with E-state index in [1.165, 1.54) is 18.4 Å². The smallest absolute Gasteiger partial charge is 0.338 e. The van der Waals surface area contributed by atoms with Gasteiger partial charge in [0.15, 0.2) is 12.4 Å². The van der Waals surface area contributed by atoms with Gasteiger partial charge in [0.05, 0.1) is 11.8 Å². The van der Waals surface area contributed by atoms with Crippen LogP contribution in [0.25, 0.3) is 0 Å². The van der Waals surface area contributed by atoms with Crippen molar-refractivity contribution in [1.29, 1.82) is 0 Å². The van der Waals surface area contributed by atoms with Crippen molar-refractivity contribution in [1.82, 2.24) is 0 Å². The molecule has 0 aliphatic carbocycles. The molecule has 1 N–H and O–H groups in total. The first-order chi connectivity index (χ1) is 14.5. The third-order valence-electron chi connectivity index (χ3n) is 4.93. The molecule has 2 aromatic carbocycles. The van der Waals surface area contributed by atoms with Crippen molar-refractivity contribution >= 4 is 29.2 Å². The zero-order valence-electron chi connectivity index (χ0n) is 16.3. The van der Waals surface area contributed by atoms with Gasteiger partial charge in [0.25, 0.3) is 11.8 Å².